The molecule has 54 heavy (non-hydrogen) atoms. The summed E-state index contributed by atoms with van der Waals surface area (Å²) < 4.78 is 0. The van der Waals surface area contributed by atoms with Crippen molar-refractivity contribution in [2.45, 2.75) is 38.5 Å². The third-order valence-electron chi connectivity index (χ3n) is 12.8. The minimum absolute atomic E-state index is 0.128. The predicted octanol–water partition coefficient (Wildman–Crippen LogP) is 14.8. The summed E-state index contributed by atoms with van der Waals surface area (Å²) in [6.07, 6.45) is 0. The standard InChI is InChI=1S/C54H40/c1-53(2)46-29-17-15-27-42(46)51-47(53)32-44-37-22-14-16-28-45(37)54(3,4)52(44)49(51)35-30-34-20-8-9-21-36(34)43(31-35)50-40-25-12-10-23-38(40)48(33-18-6-5-7-19-33)39-24-11-13-26-41(39)50/h5-32H,1-4H3. The van der Waals surface area contributed by atoms with Crippen molar-refractivity contribution in [3.8, 4) is 55.6 Å². The molecule has 0 aliphatic heterocycles. The van der Waals surface area contributed by atoms with Crippen molar-refractivity contribution >= 4 is 32.3 Å². The molecular formula is C54H40. The normalized spacial score (nSPS) is 14.6. The lowest BCUT2D eigenvalue weighted by atomic mass is 9.74. The zero-order chi connectivity index (χ0) is 36.3. The molecule has 0 N–H and O–H groups in total. The molecule has 0 amide bonds. The van der Waals surface area contributed by atoms with E-state index in [1.807, 2.05) is 0 Å². The van der Waals surface area contributed by atoms with Gasteiger partial charge in [-0.2, -0.15) is 0 Å². The Morgan fingerprint density at radius 2 is 0.815 bits per heavy atom. The fraction of sp³-hybridized carbons (Fsp3) is 0.111. The van der Waals surface area contributed by atoms with Crippen LogP contribution in [0.4, 0.5) is 0 Å². The van der Waals surface area contributed by atoms with Crippen LogP contribution >= 0.6 is 0 Å². The first-order valence-corrected chi connectivity index (χ1v) is 19.3. The number of fused-ring (bicyclic) bond motifs is 9. The molecule has 11 rings (SSSR count). The van der Waals surface area contributed by atoms with Gasteiger partial charge < -0.3 is 0 Å². The van der Waals surface area contributed by atoms with Crippen LogP contribution < -0.4 is 0 Å². The monoisotopic (exact) mass is 688 g/mol. The van der Waals surface area contributed by atoms with Gasteiger partial charge in [0.1, 0.15) is 0 Å². The molecule has 256 valence electrons. The molecule has 0 saturated heterocycles. The van der Waals surface area contributed by atoms with Crippen molar-refractivity contribution in [2.75, 3.05) is 0 Å². The minimum atomic E-state index is -0.180. The summed E-state index contributed by atoms with van der Waals surface area (Å²) in [6.45, 7) is 9.70. The molecule has 0 aromatic heterocycles. The molecule has 2 aliphatic rings. The molecule has 0 heteroatoms. The van der Waals surface area contributed by atoms with E-state index in [1.165, 1.54) is 110 Å². The zero-order valence-corrected chi connectivity index (χ0v) is 31.2. The largest absolute Gasteiger partial charge is 0.0622 e. The van der Waals surface area contributed by atoms with E-state index in [2.05, 4.69) is 198 Å². The average Bonchev–Trinajstić information content (AvgIpc) is 3.58. The van der Waals surface area contributed by atoms with Crippen LogP contribution in [-0.2, 0) is 10.8 Å². The fourth-order valence-corrected chi connectivity index (χ4v) is 10.4. The molecule has 9 aromatic carbocycles. The van der Waals surface area contributed by atoms with E-state index >= 15 is 0 Å². The molecule has 0 unspecified atom stereocenters. The van der Waals surface area contributed by atoms with E-state index in [0.717, 1.165) is 0 Å². The van der Waals surface area contributed by atoms with Crippen LogP contribution in [0.1, 0.15) is 49.9 Å². The first-order valence-electron chi connectivity index (χ1n) is 19.3. The quantitative estimate of drug-likeness (QED) is 0.162. The van der Waals surface area contributed by atoms with Gasteiger partial charge in [0.2, 0.25) is 0 Å². The predicted molar refractivity (Wildman–Crippen MR) is 230 cm³/mol. The van der Waals surface area contributed by atoms with Crippen molar-refractivity contribution in [2.24, 2.45) is 0 Å². The van der Waals surface area contributed by atoms with E-state index in [-0.39, 0.29) is 10.8 Å². The van der Waals surface area contributed by atoms with Crippen LogP contribution in [0, 0.1) is 0 Å². The topological polar surface area (TPSA) is 0 Å². The lowest BCUT2D eigenvalue weighted by Gasteiger charge is -2.29. The molecule has 0 spiro atoms. The Labute approximate surface area is 317 Å². The Balaban J connectivity index is 1.31. The molecule has 0 nitrogen and oxygen atoms in total. The lowest BCUT2D eigenvalue weighted by Crippen LogP contribution is -2.18. The second kappa shape index (κ2) is 11.1. The van der Waals surface area contributed by atoms with Crippen molar-refractivity contribution in [3.63, 3.8) is 0 Å². The summed E-state index contributed by atoms with van der Waals surface area (Å²) >= 11 is 0. The van der Waals surface area contributed by atoms with Gasteiger partial charge in [-0.15, -0.1) is 0 Å². The summed E-state index contributed by atoms with van der Waals surface area (Å²) in [5, 5.41) is 7.65. The van der Waals surface area contributed by atoms with E-state index < -0.39 is 0 Å². The molecule has 0 radical (unpaired) electrons. The number of hydrogen-bond acceptors (Lipinski definition) is 0. The second-order valence-electron chi connectivity index (χ2n) is 16.4. The van der Waals surface area contributed by atoms with Crippen LogP contribution in [0.25, 0.3) is 88.0 Å². The van der Waals surface area contributed by atoms with Crippen LogP contribution in [0.15, 0.2) is 170 Å². The van der Waals surface area contributed by atoms with E-state index in [9.17, 15) is 0 Å². The summed E-state index contributed by atoms with van der Waals surface area (Å²) in [5.41, 5.74) is 18.6. The van der Waals surface area contributed by atoms with Gasteiger partial charge in [-0.3, -0.25) is 0 Å². The van der Waals surface area contributed by atoms with Crippen molar-refractivity contribution < 1.29 is 0 Å². The van der Waals surface area contributed by atoms with Gasteiger partial charge in [0.15, 0.2) is 0 Å². The molecular weight excluding hydrogens is 649 g/mol. The Morgan fingerprint density at radius 1 is 0.296 bits per heavy atom. The molecule has 0 fully saturated rings. The highest BCUT2D eigenvalue weighted by molar-refractivity contribution is 6.24. The van der Waals surface area contributed by atoms with Crippen LogP contribution in [0.5, 0.6) is 0 Å². The molecule has 0 saturated carbocycles. The summed E-state index contributed by atoms with van der Waals surface area (Å²) in [5.74, 6) is 0. The first kappa shape index (κ1) is 31.3. The first-order chi connectivity index (χ1) is 26.3. The van der Waals surface area contributed by atoms with Gasteiger partial charge in [-0.1, -0.05) is 179 Å². The third-order valence-corrected chi connectivity index (χ3v) is 12.8. The van der Waals surface area contributed by atoms with Gasteiger partial charge in [0.05, 0.1) is 0 Å². The Hall–Kier alpha value is -6.24. The molecule has 0 atom stereocenters. The van der Waals surface area contributed by atoms with E-state index in [4.69, 9.17) is 0 Å². The van der Waals surface area contributed by atoms with Crippen molar-refractivity contribution in [1.82, 2.24) is 0 Å². The average molecular weight is 689 g/mol. The number of rotatable bonds is 3. The Bertz CT molecular complexity index is 2970. The maximum Gasteiger partial charge on any atom is 0.0165 e. The highest BCUT2D eigenvalue weighted by Crippen LogP contribution is 2.61. The van der Waals surface area contributed by atoms with Gasteiger partial charge in [0, 0.05) is 10.8 Å². The summed E-state index contributed by atoms with van der Waals surface area (Å²) in [7, 11) is 0. The SMILES string of the molecule is CC1(C)c2ccccc2-c2c1cc1c(c2-c2cc(-c3c4ccccc4c(-c4ccccc4)c4ccccc34)c3ccccc3c2)C(C)(C)c2ccccc2-1. The van der Waals surface area contributed by atoms with Gasteiger partial charge >= 0.3 is 0 Å². The van der Waals surface area contributed by atoms with E-state index in [1.54, 1.807) is 0 Å². The maximum absolute atomic E-state index is 2.55. The lowest BCUT2D eigenvalue weighted by molar-refractivity contribution is 0.653. The fourth-order valence-electron chi connectivity index (χ4n) is 10.4. The smallest absolute Gasteiger partial charge is 0.0165 e. The highest BCUT2D eigenvalue weighted by atomic mass is 14.5. The van der Waals surface area contributed by atoms with Crippen LogP contribution in [0.3, 0.4) is 0 Å². The maximum atomic E-state index is 2.55. The van der Waals surface area contributed by atoms with Gasteiger partial charge in [0.25, 0.3) is 0 Å². The number of hydrogen-bond donors (Lipinski definition) is 0. The molecule has 9 aromatic rings. The zero-order valence-electron chi connectivity index (χ0n) is 31.2. The molecule has 0 heterocycles. The summed E-state index contributed by atoms with van der Waals surface area (Å²) in [6, 6.07) is 63.9. The van der Waals surface area contributed by atoms with Gasteiger partial charge in [-0.25, -0.2) is 0 Å². The summed E-state index contributed by atoms with van der Waals surface area (Å²) in [4.78, 5) is 0. The molecule has 0 bridgehead atoms. The Morgan fingerprint density at radius 3 is 1.48 bits per heavy atom. The van der Waals surface area contributed by atoms with Gasteiger partial charge in [-0.05, 0) is 128 Å². The van der Waals surface area contributed by atoms with E-state index in [0.29, 0.717) is 0 Å². The Kier molecular flexibility index (Phi) is 6.46. The van der Waals surface area contributed by atoms with Crippen LogP contribution in [0.2, 0.25) is 0 Å². The highest BCUT2D eigenvalue weighted by Gasteiger charge is 2.44. The van der Waals surface area contributed by atoms with Crippen molar-refractivity contribution in [1.29, 1.82) is 0 Å². The van der Waals surface area contributed by atoms with Crippen molar-refractivity contribution in [3.05, 3.63) is 192 Å². The minimum Gasteiger partial charge on any atom is -0.0622 e. The molecule has 2 aliphatic carbocycles. The number of benzene rings is 9. The second-order valence-corrected chi connectivity index (χ2v) is 16.4. The van der Waals surface area contributed by atoms with Crippen LogP contribution in [-0.4, -0.2) is 0 Å². The third kappa shape index (κ3) is 4.14.